The number of unbranched alkanes of at least 4 members (excludes halogenated alkanes) is 2. The number of alkyl halides is 3. The van der Waals surface area contributed by atoms with Crippen LogP contribution in [0.25, 0.3) is 21.6 Å². The van der Waals surface area contributed by atoms with Crippen molar-refractivity contribution in [3.05, 3.63) is 123 Å². The van der Waals surface area contributed by atoms with Crippen LogP contribution in [0.4, 0.5) is 28.9 Å². The molecule has 0 saturated carbocycles. The van der Waals surface area contributed by atoms with Gasteiger partial charge in [-0.25, -0.2) is 9.37 Å². The lowest BCUT2D eigenvalue weighted by Crippen LogP contribution is -2.57. The van der Waals surface area contributed by atoms with Gasteiger partial charge in [-0.1, -0.05) is 57.5 Å². The Balaban J connectivity index is 0.934. The highest BCUT2D eigenvalue weighted by Gasteiger charge is 2.44. The molecule has 2 aromatic heterocycles. The van der Waals surface area contributed by atoms with Gasteiger partial charge in [0.1, 0.15) is 17.9 Å². The molecule has 76 heavy (non-hydrogen) atoms. The molecule has 4 heterocycles. The van der Waals surface area contributed by atoms with E-state index in [9.17, 15) is 47.0 Å². The molecule has 2 fully saturated rings. The van der Waals surface area contributed by atoms with E-state index >= 15 is 4.39 Å². The minimum absolute atomic E-state index is 0.00663. The number of anilines is 2. The number of carbonyl (C=O) groups excluding carboxylic acids is 5. The van der Waals surface area contributed by atoms with Gasteiger partial charge in [-0.15, -0.1) is 11.3 Å². The van der Waals surface area contributed by atoms with E-state index in [1.165, 1.54) is 23.1 Å². The molecule has 0 aliphatic carbocycles. The number of thiazole rings is 1. The summed E-state index contributed by atoms with van der Waals surface area (Å²) in [4.78, 5) is 92.8. The normalized spacial score (nSPS) is 18.5. The van der Waals surface area contributed by atoms with Gasteiger partial charge in [0.05, 0.1) is 44.7 Å². The fraction of sp³-hybridized carbons (Fsp3) is 0.436. The number of H-pyrrole nitrogens is 1. The number of pyridine rings is 1. The van der Waals surface area contributed by atoms with Crippen LogP contribution in [0.1, 0.15) is 104 Å². The molecule has 0 radical (unpaired) electrons. The molecule has 21 heteroatoms. The third-order valence-electron chi connectivity index (χ3n) is 14.0. The van der Waals surface area contributed by atoms with Gasteiger partial charge in [-0.3, -0.25) is 33.7 Å². The number of piperazine rings is 1. The van der Waals surface area contributed by atoms with Crippen molar-refractivity contribution < 1.29 is 46.6 Å². The van der Waals surface area contributed by atoms with Crippen molar-refractivity contribution >= 4 is 52.2 Å². The number of aromatic amines is 1. The van der Waals surface area contributed by atoms with Gasteiger partial charge in [-0.05, 0) is 93.1 Å². The number of likely N-dealkylation sites (tertiary alicyclic amines) is 1. The van der Waals surface area contributed by atoms with Crippen LogP contribution in [0.3, 0.4) is 0 Å². The molecule has 3 aromatic carbocycles. The summed E-state index contributed by atoms with van der Waals surface area (Å²) >= 11 is 1.55. The van der Waals surface area contributed by atoms with Gasteiger partial charge < -0.3 is 41.2 Å². The fourth-order valence-electron chi connectivity index (χ4n) is 9.56. The Labute approximate surface area is 442 Å². The smallest absolute Gasteiger partial charge is 0.391 e. The maximum absolute atomic E-state index is 15.6. The van der Waals surface area contributed by atoms with Crippen molar-refractivity contribution in [2.45, 2.75) is 117 Å². The number of rotatable bonds is 17. The number of hydrogen-bond donors (Lipinski definition) is 6. The number of likely N-dealkylation sites (N-methyl/N-ethyl adjacent to an activating group) is 1. The van der Waals surface area contributed by atoms with Gasteiger partial charge in [0.25, 0.3) is 11.8 Å². The molecule has 406 valence electrons. The van der Waals surface area contributed by atoms with Crippen LogP contribution >= 0.6 is 11.3 Å². The number of aliphatic hydroxyl groups is 1. The van der Waals surface area contributed by atoms with Crippen LogP contribution in [0.2, 0.25) is 0 Å². The molecule has 5 amide bonds. The number of hydrogen-bond acceptors (Lipinski definition) is 11. The van der Waals surface area contributed by atoms with E-state index in [1.54, 1.807) is 49.8 Å². The van der Waals surface area contributed by atoms with Gasteiger partial charge in [-0.2, -0.15) is 13.2 Å². The van der Waals surface area contributed by atoms with E-state index in [0.29, 0.717) is 50.3 Å². The fourth-order valence-corrected chi connectivity index (χ4v) is 10.4. The lowest BCUT2D eigenvalue weighted by atomic mass is 9.85. The number of aromatic nitrogens is 2. The number of β-amino-alcohol motifs (C(OH)–C–C–N with tert-alkyl or cyclic N) is 1. The molecular formula is C55H65F4N9O7S. The number of aliphatic hydroxyl groups excluding tert-OH is 1. The zero-order valence-electron chi connectivity index (χ0n) is 43.6. The van der Waals surface area contributed by atoms with E-state index in [2.05, 4.69) is 36.1 Å². The van der Waals surface area contributed by atoms with Crippen molar-refractivity contribution in [2.75, 3.05) is 43.4 Å². The quantitative estimate of drug-likeness (QED) is 0.0399. The van der Waals surface area contributed by atoms with E-state index in [-0.39, 0.29) is 72.8 Å². The standard InChI is InChI=1S/C55H65F4N9O7S/c1-31-27-67(28-32(2)66(31)7)44-19-17-36(22-43(44)64-51(73)40-26-61-47(71)24-41(40)55(57,58)59)39-21-37(16-18-42(39)56)50(72)60-20-10-8-9-11-46(70)65-49(54(4,5)6)53(75)68-29-38(69)23-45(68)52(74)62-25-34-12-14-35(15-13-34)48-33(3)63-30-76-48/h12-19,21-22,24,26,30-32,38,45,49,69H,8-11,20,23,25,27-29H2,1-7H3,(H,60,72)(H,61,71)(H,62,74)(H,64,73)(H,65,70)/t31-,32+,38-,45+,49-/m1/s1. The molecule has 16 nitrogen and oxygen atoms in total. The summed E-state index contributed by atoms with van der Waals surface area (Å²) in [6.07, 6.45) is -3.67. The summed E-state index contributed by atoms with van der Waals surface area (Å²) in [5, 5.41) is 21.8. The molecule has 0 bridgehead atoms. The SMILES string of the molecule is Cc1ncsc1-c1ccc(CNC(=O)[C@@H]2C[C@@H](O)CN2C(=O)[C@@H](NC(=O)CCCCCNC(=O)c2ccc(F)c(-c3ccc(N4C[C@@H](C)N(C)[C@@H](C)C4)c(NC(=O)c4c[nH]c(=O)cc4C(F)(F)F)c3)c2)C(C)(C)C)cc1. The number of halogens is 4. The van der Waals surface area contributed by atoms with Crippen molar-refractivity contribution in [3.8, 4) is 21.6 Å². The van der Waals surface area contributed by atoms with Crippen molar-refractivity contribution in [3.63, 3.8) is 0 Å². The van der Waals surface area contributed by atoms with E-state index < -0.39 is 75.9 Å². The third kappa shape index (κ3) is 13.7. The van der Waals surface area contributed by atoms with Crippen LogP contribution in [0.5, 0.6) is 0 Å². The molecule has 7 rings (SSSR count). The summed E-state index contributed by atoms with van der Waals surface area (Å²) in [6, 6.07) is 14.7. The molecule has 2 saturated heterocycles. The largest absolute Gasteiger partial charge is 0.417 e. The van der Waals surface area contributed by atoms with E-state index in [4.69, 9.17) is 0 Å². The summed E-state index contributed by atoms with van der Waals surface area (Å²) in [5.74, 6) is -3.62. The molecule has 5 aromatic rings. The van der Waals surface area contributed by atoms with Crippen LogP contribution in [0.15, 0.2) is 83.2 Å². The van der Waals surface area contributed by atoms with Gasteiger partial charge in [0.15, 0.2) is 0 Å². The second-order valence-corrected chi connectivity index (χ2v) is 21.6. The average molecular weight is 1070 g/mol. The number of carbonyl (C=O) groups is 5. The highest BCUT2D eigenvalue weighted by molar-refractivity contribution is 7.13. The van der Waals surface area contributed by atoms with Gasteiger partial charge in [0, 0.05) is 81.0 Å². The first-order chi connectivity index (χ1) is 35.9. The zero-order valence-corrected chi connectivity index (χ0v) is 44.4. The highest BCUT2D eigenvalue weighted by Crippen LogP contribution is 2.37. The first kappa shape index (κ1) is 56.8. The summed E-state index contributed by atoms with van der Waals surface area (Å²) < 4.78 is 57.7. The van der Waals surface area contributed by atoms with Gasteiger partial charge in [0.2, 0.25) is 23.3 Å². The van der Waals surface area contributed by atoms with E-state index in [1.807, 2.05) is 57.0 Å². The number of nitrogens with one attached hydrogen (secondary N) is 5. The predicted octanol–water partition coefficient (Wildman–Crippen LogP) is 7.51. The van der Waals surface area contributed by atoms with Crippen molar-refractivity contribution in [2.24, 2.45) is 5.41 Å². The van der Waals surface area contributed by atoms with Crippen LogP contribution in [0, 0.1) is 18.2 Å². The maximum atomic E-state index is 15.6. The Bertz CT molecular complexity index is 2980. The summed E-state index contributed by atoms with van der Waals surface area (Å²) in [7, 11) is 1.98. The molecule has 0 unspecified atom stereocenters. The molecule has 6 N–H and O–H groups in total. The topological polar surface area (TPSA) is 209 Å². The Kier molecular flexibility index (Phi) is 17.9. The Hall–Kier alpha value is -6.97. The molecule has 5 atom stereocenters. The molecule has 2 aliphatic rings. The number of benzene rings is 3. The third-order valence-corrected chi connectivity index (χ3v) is 15.0. The first-order valence-electron chi connectivity index (χ1n) is 25.2. The highest BCUT2D eigenvalue weighted by atomic mass is 32.1. The second kappa shape index (κ2) is 23.9. The van der Waals surface area contributed by atoms with Gasteiger partial charge >= 0.3 is 6.18 Å². The minimum Gasteiger partial charge on any atom is -0.391 e. The Morgan fingerprint density at radius 3 is 2.24 bits per heavy atom. The lowest BCUT2D eigenvalue weighted by molar-refractivity contribution is -0.144. The number of aryl methyl sites for hydroxylation is 1. The molecule has 0 spiro atoms. The van der Waals surface area contributed by atoms with Crippen LogP contribution < -0.4 is 31.7 Å². The number of amides is 5. The van der Waals surface area contributed by atoms with E-state index in [0.717, 1.165) is 27.8 Å². The Morgan fingerprint density at radius 2 is 1.58 bits per heavy atom. The first-order valence-corrected chi connectivity index (χ1v) is 26.1. The Morgan fingerprint density at radius 1 is 0.882 bits per heavy atom. The van der Waals surface area contributed by atoms with Crippen LogP contribution in [-0.4, -0.2) is 118 Å². The van der Waals surface area contributed by atoms with Crippen molar-refractivity contribution in [1.82, 2.24) is 35.7 Å². The minimum atomic E-state index is -5.01. The average Bonchev–Trinajstić information content (AvgIpc) is 4.00. The number of nitrogens with zero attached hydrogens (tertiary/aromatic N) is 4. The van der Waals surface area contributed by atoms with Crippen LogP contribution in [-0.2, 0) is 27.1 Å². The molecular weight excluding hydrogens is 1010 g/mol. The monoisotopic (exact) mass is 1070 g/mol. The summed E-state index contributed by atoms with van der Waals surface area (Å²) in [6.45, 7) is 12.8. The second-order valence-electron chi connectivity index (χ2n) is 20.8. The maximum Gasteiger partial charge on any atom is 0.417 e. The zero-order chi connectivity index (χ0) is 55.2. The predicted molar refractivity (Wildman–Crippen MR) is 283 cm³/mol. The summed E-state index contributed by atoms with van der Waals surface area (Å²) in [5.41, 5.74) is 1.50. The molecule has 2 aliphatic heterocycles. The van der Waals surface area contributed by atoms with Crippen molar-refractivity contribution in [1.29, 1.82) is 0 Å². The lowest BCUT2D eigenvalue weighted by Gasteiger charge is -2.44.